The van der Waals surface area contributed by atoms with Crippen LogP contribution >= 0.6 is 0 Å². The predicted molar refractivity (Wildman–Crippen MR) is 70.0 cm³/mol. The van der Waals surface area contributed by atoms with Crippen molar-refractivity contribution < 1.29 is 19.1 Å². The first-order chi connectivity index (χ1) is 9.22. The molecule has 0 saturated heterocycles. The van der Waals surface area contributed by atoms with Crippen molar-refractivity contribution in [2.75, 3.05) is 26.8 Å². The molecule has 0 saturated carbocycles. The molecule has 1 rings (SSSR count). The number of hydrogen-bond donors (Lipinski definition) is 2. The Balaban J connectivity index is 2.01. The molecule has 0 spiro atoms. The van der Waals surface area contributed by atoms with E-state index in [9.17, 15) is 9.59 Å². The molecule has 0 fully saturated rings. The van der Waals surface area contributed by atoms with Crippen molar-refractivity contribution in [3.05, 3.63) is 30.3 Å². The number of amides is 2. The Bertz CT molecular complexity index is 395. The number of urea groups is 1. The van der Waals surface area contributed by atoms with Crippen LogP contribution in [0.3, 0.4) is 0 Å². The maximum absolute atomic E-state index is 11.2. The summed E-state index contributed by atoms with van der Waals surface area (Å²) in [6.07, 6.45) is 0.681. The Morgan fingerprint density at radius 2 is 1.89 bits per heavy atom. The highest BCUT2D eigenvalue weighted by molar-refractivity contribution is 5.80. The fourth-order valence-electron chi connectivity index (χ4n) is 1.27. The normalized spacial score (nSPS) is 9.53. The van der Waals surface area contributed by atoms with Gasteiger partial charge in [-0.1, -0.05) is 18.2 Å². The number of methoxy groups -OCH3 is 1. The maximum atomic E-state index is 11.2. The zero-order valence-electron chi connectivity index (χ0n) is 10.8. The van der Waals surface area contributed by atoms with E-state index in [0.29, 0.717) is 19.6 Å². The molecule has 0 bridgehead atoms. The van der Waals surface area contributed by atoms with E-state index in [4.69, 9.17) is 4.74 Å². The summed E-state index contributed by atoms with van der Waals surface area (Å²) < 4.78 is 9.85. The van der Waals surface area contributed by atoms with Gasteiger partial charge in [-0.3, -0.25) is 4.79 Å². The van der Waals surface area contributed by atoms with Crippen LogP contribution in [0.4, 0.5) is 4.79 Å². The molecule has 0 atom stereocenters. The number of para-hydroxylation sites is 1. The number of rotatable bonds is 7. The van der Waals surface area contributed by atoms with Crippen LogP contribution in [-0.2, 0) is 9.53 Å². The second-order valence-electron chi connectivity index (χ2n) is 3.70. The number of carbonyl (C=O) groups excluding carboxylic acids is 2. The van der Waals surface area contributed by atoms with Gasteiger partial charge in [0.1, 0.15) is 12.3 Å². The number of carbonyl (C=O) groups is 2. The van der Waals surface area contributed by atoms with Gasteiger partial charge < -0.3 is 20.1 Å². The van der Waals surface area contributed by atoms with Gasteiger partial charge in [-0.2, -0.15) is 0 Å². The summed E-state index contributed by atoms with van der Waals surface area (Å²) in [6.45, 7) is 0.851. The number of hydrogen-bond acceptors (Lipinski definition) is 4. The molecule has 0 heterocycles. The second kappa shape index (κ2) is 8.79. The van der Waals surface area contributed by atoms with E-state index >= 15 is 0 Å². The van der Waals surface area contributed by atoms with Crippen molar-refractivity contribution in [3.63, 3.8) is 0 Å². The average molecular weight is 266 g/mol. The summed E-state index contributed by atoms with van der Waals surface area (Å²) >= 11 is 0. The molecule has 2 N–H and O–H groups in total. The summed E-state index contributed by atoms with van der Waals surface area (Å²) in [7, 11) is 1.27. The molecule has 0 aliphatic heterocycles. The standard InChI is InChI=1S/C13H18N2O4/c1-18-12(16)10-15-13(17)14-8-5-9-19-11-6-3-2-4-7-11/h2-4,6-7H,5,8-10H2,1H3,(H2,14,15,17). The Kier molecular flexibility index (Phi) is 6.86. The minimum atomic E-state index is -0.484. The highest BCUT2D eigenvalue weighted by Gasteiger charge is 2.03. The third-order valence-electron chi connectivity index (χ3n) is 2.24. The van der Waals surface area contributed by atoms with E-state index in [0.717, 1.165) is 5.75 Å². The lowest BCUT2D eigenvalue weighted by molar-refractivity contribution is -0.139. The van der Waals surface area contributed by atoms with Gasteiger partial charge in [-0.15, -0.1) is 0 Å². The van der Waals surface area contributed by atoms with E-state index in [1.807, 2.05) is 30.3 Å². The summed E-state index contributed by atoms with van der Waals surface area (Å²) in [6, 6.07) is 9.06. The minimum Gasteiger partial charge on any atom is -0.494 e. The zero-order chi connectivity index (χ0) is 13.9. The fourth-order valence-corrected chi connectivity index (χ4v) is 1.27. The molecule has 104 valence electrons. The van der Waals surface area contributed by atoms with E-state index in [1.54, 1.807) is 0 Å². The lowest BCUT2D eigenvalue weighted by Gasteiger charge is -2.08. The first-order valence-corrected chi connectivity index (χ1v) is 5.98. The molecule has 1 aromatic rings. The topological polar surface area (TPSA) is 76.7 Å². The van der Waals surface area contributed by atoms with Gasteiger partial charge >= 0.3 is 12.0 Å². The Morgan fingerprint density at radius 3 is 2.58 bits per heavy atom. The van der Waals surface area contributed by atoms with E-state index in [2.05, 4.69) is 15.4 Å². The quantitative estimate of drug-likeness (QED) is 0.568. The smallest absolute Gasteiger partial charge is 0.325 e. The molecule has 0 aliphatic rings. The van der Waals surface area contributed by atoms with Crippen molar-refractivity contribution in [2.45, 2.75) is 6.42 Å². The van der Waals surface area contributed by atoms with Crippen LogP contribution in [0.25, 0.3) is 0 Å². The molecule has 6 nitrogen and oxygen atoms in total. The summed E-state index contributed by atoms with van der Waals surface area (Å²) in [5.74, 6) is 0.320. The van der Waals surface area contributed by atoms with E-state index < -0.39 is 12.0 Å². The average Bonchev–Trinajstić information content (AvgIpc) is 2.45. The monoisotopic (exact) mass is 266 g/mol. The van der Waals surface area contributed by atoms with Gasteiger partial charge in [0, 0.05) is 6.54 Å². The van der Waals surface area contributed by atoms with Gasteiger partial charge in [0.15, 0.2) is 0 Å². The molecule has 0 radical (unpaired) electrons. The van der Waals surface area contributed by atoms with Crippen molar-refractivity contribution in [2.24, 2.45) is 0 Å². The van der Waals surface area contributed by atoms with Crippen LogP contribution in [0.5, 0.6) is 5.75 Å². The van der Waals surface area contributed by atoms with Gasteiger partial charge in [0.25, 0.3) is 0 Å². The third kappa shape index (κ3) is 6.92. The summed E-state index contributed by atoms with van der Waals surface area (Å²) in [4.78, 5) is 22.0. The van der Waals surface area contributed by atoms with Gasteiger partial charge in [-0.25, -0.2) is 4.79 Å². The Morgan fingerprint density at radius 1 is 1.16 bits per heavy atom. The third-order valence-corrected chi connectivity index (χ3v) is 2.24. The van der Waals surface area contributed by atoms with Gasteiger partial charge in [-0.05, 0) is 18.6 Å². The van der Waals surface area contributed by atoms with Crippen LogP contribution in [-0.4, -0.2) is 38.8 Å². The summed E-state index contributed by atoms with van der Waals surface area (Å²) in [5.41, 5.74) is 0. The maximum Gasteiger partial charge on any atom is 0.325 e. The highest BCUT2D eigenvalue weighted by atomic mass is 16.5. The van der Waals surface area contributed by atoms with Crippen molar-refractivity contribution in [1.82, 2.24) is 10.6 Å². The molecule has 0 aromatic heterocycles. The summed E-state index contributed by atoms with van der Waals surface area (Å²) in [5, 5.41) is 4.99. The first kappa shape index (κ1) is 14.8. The molecule has 19 heavy (non-hydrogen) atoms. The van der Waals surface area contributed by atoms with Crippen LogP contribution in [0, 0.1) is 0 Å². The van der Waals surface area contributed by atoms with Crippen molar-refractivity contribution >= 4 is 12.0 Å². The molecular weight excluding hydrogens is 248 g/mol. The molecule has 6 heteroatoms. The Hall–Kier alpha value is -2.24. The number of nitrogens with one attached hydrogen (secondary N) is 2. The van der Waals surface area contributed by atoms with E-state index in [-0.39, 0.29) is 6.54 Å². The van der Waals surface area contributed by atoms with Crippen LogP contribution in [0.15, 0.2) is 30.3 Å². The number of benzene rings is 1. The molecule has 0 aliphatic carbocycles. The van der Waals surface area contributed by atoms with Gasteiger partial charge in [0.2, 0.25) is 0 Å². The molecule has 1 aromatic carbocycles. The minimum absolute atomic E-state index is 0.136. The Labute approximate surface area is 112 Å². The second-order valence-corrected chi connectivity index (χ2v) is 3.70. The van der Waals surface area contributed by atoms with Crippen LogP contribution < -0.4 is 15.4 Å². The number of ether oxygens (including phenoxy) is 2. The van der Waals surface area contributed by atoms with Crippen LogP contribution in [0.2, 0.25) is 0 Å². The SMILES string of the molecule is COC(=O)CNC(=O)NCCCOc1ccccc1. The van der Waals surface area contributed by atoms with Crippen molar-refractivity contribution in [1.29, 1.82) is 0 Å². The first-order valence-electron chi connectivity index (χ1n) is 5.98. The van der Waals surface area contributed by atoms with E-state index in [1.165, 1.54) is 7.11 Å². The number of esters is 1. The lowest BCUT2D eigenvalue weighted by Crippen LogP contribution is -2.39. The van der Waals surface area contributed by atoms with Crippen LogP contribution in [0.1, 0.15) is 6.42 Å². The molecule has 0 unspecified atom stereocenters. The highest BCUT2D eigenvalue weighted by Crippen LogP contribution is 2.07. The zero-order valence-corrected chi connectivity index (χ0v) is 10.8. The van der Waals surface area contributed by atoms with Gasteiger partial charge in [0.05, 0.1) is 13.7 Å². The largest absolute Gasteiger partial charge is 0.494 e. The van der Waals surface area contributed by atoms with Crippen molar-refractivity contribution in [3.8, 4) is 5.75 Å². The predicted octanol–water partition coefficient (Wildman–Crippen LogP) is 0.928. The lowest BCUT2D eigenvalue weighted by atomic mass is 10.3. The molecule has 2 amide bonds. The fraction of sp³-hybridized carbons (Fsp3) is 0.385. The molecular formula is C13H18N2O4.